The molecule has 1 aromatic heterocycles. The standard InChI is InChI=1S/C9H15N5O/c10-9(15)3-4-14-6-8(12-13-14)5-11-7-1-2-7/h6-7,11H,1-5H2,(H2,10,15). The van der Waals surface area contributed by atoms with E-state index in [4.69, 9.17) is 5.73 Å². The molecule has 0 spiro atoms. The molecule has 1 amide bonds. The first kappa shape index (κ1) is 10.1. The molecule has 1 saturated carbocycles. The largest absolute Gasteiger partial charge is 0.370 e. The Balaban J connectivity index is 1.77. The minimum atomic E-state index is -0.317. The van der Waals surface area contributed by atoms with Crippen molar-refractivity contribution in [3.05, 3.63) is 11.9 Å². The van der Waals surface area contributed by atoms with Crippen molar-refractivity contribution >= 4 is 5.91 Å². The summed E-state index contributed by atoms with van der Waals surface area (Å²) in [5.41, 5.74) is 5.95. The first-order valence-electron chi connectivity index (χ1n) is 5.15. The molecule has 0 aromatic carbocycles. The third-order valence-corrected chi connectivity index (χ3v) is 2.32. The van der Waals surface area contributed by atoms with Crippen molar-refractivity contribution in [2.45, 2.75) is 38.4 Å². The van der Waals surface area contributed by atoms with E-state index in [1.807, 2.05) is 6.20 Å². The van der Waals surface area contributed by atoms with Gasteiger partial charge < -0.3 is 11.1 Å². The molecule has 1 aromatic rings. The lowest BCUT2D eigenvalue weighted by molar-refractivity contribution is -0.118. The van der Waals surface area contributed by atoms with Crippen LogP contribution in [0.5, 0.6) is 0 Å². The molecular formula is C9H15N5O. The summed E-state index contributed by atoms with van der Waals surface area (Å²) in [6.45, 7) is 1.26. The Morgan fingerprint density at radius 1 is 1.67 bits per heavy atom. The highest BCUT2D eigenvalue weighted by Crippen LogP contribution is 2.18. The van der Waals surface area contributed by atoms with Crippen LogP contribution in [0.1, 0.15) is 25.0 Å². The van der Waals surface area contributed by atoms with Crippen molar-refractivity contribution < 1.29 is 4.79 Å². The summed E-state index contributed by atoms with van der Waals surface area (Å²) in [6.07, 6.45) is 4.67. The molecule has 0 atom stereocenters. The molecule has 6 heteroatoms. The average molecular weight is 209 g/mol. The second-order valence-electron chi connectivity index (χ2n) is 3.84. The molecule has 0 radical (unpaired) electrons. The van der Waals surface area contributed by atoms with Gasteiger partial charge in [0.25, 0.3) is 0 Å². The summed E-state index contributed by atoms with van der Waals surface area (Å²) in [5.74, 6) is -0.317. The zero-order valence-corrected chi connectivity index (χ0v) is 8.52. The third kappa shape index (κ3) is 3.32. The van der Waals surface area contributed by atoms with Crippen LogP contribution in [-0.2, 0) is 17.9 Å². The molecular weight excluding hydrogens is 194 g/mol. The van der Waals surface area contributed by atoms with E-state index >= 15 is 0 Å². The molecule has 0 bridgehead atoms. The number of hydrogen-bond donors (Lipinski definition) is 2. The Bertz CT molecular complexity index is 344. The maximum absolute atomic E-state index is 10.6. The molecule has 6 nitrogen and oxygen atoms in total. The van der Waals surface area contributed by atoms with Gasteiger partial charge in [-0.2, -0.15) is 0 Å². The number of aromatic nitrogens is 3. The molecule has 0 unspecified atom stereocenters. The fourth-order valence-electron chi connectivity index (χ4n) is 1.29. The molecule has 82 valence electrons. The van der Waals surface area contributed by atoms with E-state index in [2.05, 4.69) is 15.6 Å². The summed E-state index contributed by atoms with van der Waals surface area (Å²) in [5, 5.41) is 11.2. The molecule has 3 N–H and O–H groups in total. The molecule has 1 fully saturated rings. The minimum absolute atomic E-state index is 0.304. The molecule has 1 heterocycles. The van der Waals surface area contributed by atoms with Crippen LogP contribution in [0.3, 0.4) is 0 Å². The van der Waals surface area contributed by atoms with Gasteiger partial charge in [0.05, 0.1) is 12.2 Å². The number of amides is 1. The number of rotatable bonds is 6. The van der Waals surface area contributed by atoms with Gasteiger partial charge in [0.15, 0.2) is 0 Å². The van der Waals surface area contributed by atoms with Crippen molar-refractivity contribution in [1.82, 2.24) is 20.3 Å². The summed E-state index contributed by atoms with van der Waals surface area (Å²) in [6, 6.07) is 0.667. The second-order valence-corrected chi connectivity index (χ2v) is 3.84. The van der Waals surface area contributed by atoms with Crippen LogP contribution in [0.15, 0.2) is 6.20 Å². The van der Waals surface area contributed by atoms with Gasteiger partial charge >= 0.3 is 0 Å². The summed E-state index contributed by atoms with van der Waals surface area (Å²) in [4.78, 5) is 10.6. The van der Waals surface area contributed by atoms with E-state index in [1.165, 1.54) is 12.8 Å². The highest BCUT2D eigenvalue weighted by Gasteiger charge is 2.20. The number of nitrogens with zero attached hydrogens (tertiary/aromatic N) is 3. The zero-order valence-electron chi connectivity index (χ0n) is 8.52. The molecule has 15 heavy (non-hydrogen) atoms. The number of carbonyl (C=O) groups is 1. The molecule has 2 rings (SSSR count). The maximum atomic E-state index is 10.6. The van der Waals surface area contributed by atoms with E-state index < -0.39 is 0 Å². The van der Waals surface area contributed by atoms with E-state index in [9.17, 15) is 4.79 Å². The molecule has 0 saturated heterocycles. The van der Waals surface area contributed by atoms with Crippen molar-refractivity contribution in [2.24, 2.45) is 5.73 Å². The Labute approximate surface area is 87.8 Å². The monoisotopic (exact) mass is 209 g/mol. The topological polar surface area (TPSA) is 85.8 Å². The van der Waals surface area contributed by atoms with Crippen molar-refractivity contribution in [3.63, 3.8) is 0 Å². The highest BCUT2D eigenvalue weighted by atomic mass is 16.1. The number of carbonyl (C=O) groups excluding carboxylic acids is 1. The number of aryl methyl sites for hydroxylation is 1. The Kier molecular flexibility index (Phi) is 2.96. The Hall–Kier alpha value is -1.43. The zero-order chi connectivity index (χ0) is 10.7. The van der Waals surface area contributed by atoms with Gasteiger partial charge in [-0.1, -0.05) is 5.21 Å². The summed E-state index contributed by atoms with van der Waals surface area (Å²) in [7, 11) is 0. The van der Waals surface area contributed by atoms with Crippen molar-refractivity contribution in [1.29, 1.82) is 0 Å². The van der Waals surface area contributed by atoms with Crippen LogP contribution in [-0.4, -0.2) is 26.9 Å². The predicted molar refractivity (Wildman–Crippen MR) is 53.7 cm³/mol. The Morgan fingerprint density at radius 2 is 2.47 bits per heavy atom. The van der Waals surface area contributed by atoms with Crippen molar-refractivity contribution in [3.8, 4) is 0 Å². The number of nitrogens with two attached hydrogens (primary N) is 1. The summed E-state index contributed by atoms with van der Waals surface area (Å²) < 4.78 is 1.65. The van der Waals surface area contributed by atoms with Crippen LogP contribution in [0.4, 0.5) is 0 Å². The van der Waals surface area contributed by atoms with Gasteiger partial charge in [-0.05, 0) is 12.8 Å². The molecule has 0 aliphatic heterocycles. The van der Waals surface area contributed by atoms with E-state index in [1.54, 1.807) is 4.68 Å². The normalized spacial score (nSPS) is 15.5. The van der Waals surface area contributed by atoms with Gasteiger partial charge in [0, 0.05) is 25.2 Å². The van der Waals surface area contributed by atoms with Gasteiger partial charge in [0.2, 0.25) is 5.91 Å². The second kappa shape index (κ2) is 4.39. The van der Waals surface area contributed by atoms with Gasteiger partial charge in [0.1, 0.15) is 0 Å². The van der Waals surface area contributed by atoms with Crippen LogP contribution in [0.2, 0.25) is 0 Å². The summed E-state index contributed by atoms with van der Waals surface area (Å²) >= 11 is 0. The van der Waals surface area contributed by atoms with E-state index in [-0.39, 0.29) is 5.91 Å². The predicted octanol–water partition coefficient (Wildman–Crippen LogP) is -0.595. The van der Waals surface area contributed by atoms with Crippen LogP contribution in [0, 0.1) is 0 Å². The lowest BCUT2D eigenvalue weighted by Gasteiger charge is -1.97. The number of nitrogens with one attached hydrogen (secondary N) is 1. The van der Waals surface area contributed by atoms with E-state index in [0.717, 1.165) is 12.2 Å². The lowest BCUT2D eigenvalue weighted by Crippen LogP contribution is -2.15. The van der Waals surface area contributed by atoms with Gasteiger partial charge in [-0.3, -0.25) is 9.48 Å². The highest BCUT2D eigenvalue weighted by molar-refractivity contribution is 5.73. The van der Waals surface area contributed by atoms with Crippen LogP contribution in [0.25, 0.3) is 0 Å². The first-order valence-corrected chi connectivity index (χ1v) is 5.15. The third-order valence-electron chi connectivity index (χ3n) is 2.32. The SMILES string of the molecule is NC(=O)CCn1cc(CNC2CC2)nn1. The average Bonchev–Trinajstić information content (AvgIpc) is 2.92. The first-order chi connectivity index (χ1) is 7.24. The van der Waals surface area contributed by atoms with Crippen LogP contribution >= 0.6 is 0 Å². The molecule has 1 aliphatic carbocycles. The number of hydrogen-bond acceptors (Lipinski definition) is 4. The van der Waals surface area contributed by atoms with Crippen LogP contribution < -0.4 is 11.1 Å². The number of primary amides is 1. The van der Waals surface area contributed by atoms with Gasteiger partial charge in [-0.25, -0.2) is 0 Å². The fraction of sp³-hybridized carbons (Fsp3) is 0.667. The quantitative estimate of drug-likeness (QED) is 0.655. The fourth-order valence-corrected chi connectivity index (χ4v) is 1.29. The lowest BCUT2D eigenvalue weighted by atomic mass is 10.4. The van der Waals surface area contributed by atoms with Gasteiger partial charge in [-0.15, -0.1) is 5.10 Å². The maximum Gasteiger partial charge on any atom is 0.219 e. The van der Waals surface area contributed by atoms with E-state index in [0.29, 0.717) is 19.0 Å². The smallest absolute Gasteiger partial charge is 0.219 e. The van der Waals surface area contributed by atoms with Crippen molar-refractivity contribution in [2.75, 3.05) is 0 Å². The Morgan fingerprint density at radius 3 is 3.13 bits per heavy atom. The molecule has 1 aliphatic rings. The minimum Gasteiger partial charge on any atom is -0.370 e.